The van der Waals surface area contributed by atoms with Crippen LogP contribution in [0.5, 0.6) is 0 Å². The van der Waals surface area contributed by atoms with Crippen LogP contribution in [0.15, 0.2) is 24.3 Å². The third kappa shape index (κ3) is 3.39. The van der Waals surface area contributed by atoms with Crippen molar-refractivity contribution >= 4 is 0 Å². The van der Waals surface area contributed by atoms with Gasteiger partial charge in [-0.2, -0.15) is 0 Å². The number of aryl methyl sites for hydroxylation is 1. The van der Waals surface area contributed by atoms with Crippen molar-refractivity contribution in [3.63, 3.8) is 0 Å². The largest absolute Gasteiger partial charge is 0.329 e. The number of hydrogen-bond donors (Lipinski definition) is 2. The van der Waals surface area contributed by atoms with E-state index in [2.05, 4.69) is 36.2 Å². The van der Waals surface area contributed by atoms with E-state index in [-0.39, 0.29) is 6.04 Å². The van der Waals surface area contributed by atoms with Crippen LogP contribution < -0.4 is 11.1 Å². The van der Waals surface area contributed by atoms with Gasteiger partial charge in [0.15, 0.2) is 0 Å². The molecule has 0 spiro atoms. The third-order valence-electron chi connectivity index (χ3n) is 2.41. The maximum absolute atomic E-state index is 5.75. The van der Waals surface area contributed by atoms with E-state index in [0.717, 1.165) is 0 Å². The van der Waals surface area contributed by atoms with E-state index in [4.69, 9.17) is 5.73 Å². The maximum atomic E-state index is 5.75. The van der Waals surface area contributed by atoms with E-state index >= 15 is 0 Å². The van der Waals surface area contributed by atoms with Gasteiger partial charge in [-0.1, -0.05) is 30.2 Å². The molecule has 0 fully saturated rings. The van der Waals surface area contributed by atoms with Crippen molar-refractivity contribution in [2.24, 2.45) is 5.73 Å². The monoisotopic (exact) mass is 202 g/mol. The van der Waals surface area contributed by atoms with Crippen LogP contribution in [0.4, 0.5) is 0 Å². The number of hydrogen-bond acceptors (Lipinski definition) is 2. The Labute approximate surface area is 91.9 Å². The molecule has 1 aromatic rings. The van der Waals surface area contributed by atoms with Crippen LogP contribution in [0.2, 0.25) is 0 Å². The summed E-state index contributed by atoms with van der Waals surface area (Å²) in [6, 6.07) is 8.49. The average Bonchev–Trinajstić information content (AvgIpc) is 2.26. The first-order valence-corrected chi connectivity index (χ1v) is 5.18. The number of nitrogens with two attached hydrogens (primary N) is 1. The number of benzene rings is 1. The molecule has 0 aliphatic heterocycles. The number of nitrogens with one attached hydrogen (secondary N) is 1. The van der Waals surface area contributed by atoms with Crippen molar-refractivity contribution in [2.75, 3.05) is 13.1 Å². The standard InChI is InChI=1S/C13H18N2/c1-3-4-9-15-13(10-14)12-8-6-5-7-11(12)2/h5-8,13,15H,9-10,14H2,1-2H3. The molecule has 1 aromatic carbocycles. The normalized spacial score (nSPS) is 11.7. The molecule has 0 aliphatic rings. The molecule has 0 amide bonds. The Balaban J connectivity index is 2.72. The van der Waals surface area contributed by atoms with Gasteiger partial charge in [0.05, 0.1) is 6.54 Å². The van der Waals surface area contributed by atoms with Crippen molar-refractivity contribution in [3.05, 3.63) is 35.4 Å². The second kappa shape index (κ2) is 6.23. The summed E-state index contributed by atoms with van der Waals surface area (Å²) in [4.78, 5) is 0. The van der Waals surface area contributed by atoms with E-state index in [9.17, 15) is 0 Å². The molecule has 3 N–H and O–H groups in total. The second-order valence-electron chi connectivity index (χ2n) is 3.45. The van der Waals surface area contributed by atoms with Gasteiger partial charge in [0.2, 0.25) is 0 Å². The van der Waals surface area contributed by atoms with Gasteiger partial charge in [-0.15, -0.1) is 5.92 Å². The predicted octanol–water partition coefficient (Wildman–Crippen LogP) is 1.61. The SMILES string of the molecule is CC#CCNC(CN)c1ccccc1C. The quantitative estimate of drug-likeness (QED) is 0.728. The summed E-state index contributed by atoms with van der Waals surface area (Å²) >= 11 is 0. The molecule has 0 radical (unpaired) electrons. The highest BCUT2D eigenvalue weighted by atomic mass is 14.9. The topological polar surface area (TPSA) is 38.0 Å². The first-order chi connectivity index (χ1) is 7.29. The van der Waals surface area contributed by atoms with Crippen LogP contribution in [-0.4, -0.2) is 13.1 Å². The minimum Gasteiger partial charge on any atom is -0.329 e. The molecule has 2 nitrogen and oxygen atoms in total. The molecular formula is C13H18N2. The van der Waals surface area contributed by atoms with Gasteiger partial charge in [-0.25, -0.2) is 0 Å². The molecule has 15 heavy (non-hydrogen) atoms. The minimum atomic E-state index is 0.201. The van der Waals surface area contributed by atoms with Gasteiger partial charge >= 0.3 is 0 Å². The van der Waals surface area contributed by atoms with Crippen molar-refractivity contribution in [2.45, 2.75) is 19.9 Å². The lowest BCUT2D eigenvalue weighted by molar-refractivity contribution is 0.579. The van der Waals surface area contributed by atoms with Crippen LogP contribution in [0.1, 0.15) is 24.1 Å². The summed E-state index contributed by atoms with van der Waals surface area (Å²) in [5.74, 6) is 5.85. The fourth-order valence-electron chi connectivity index (χ4n) is 1.56. The van der Waals surface area contributed by atoms with Crippen LogP contribution in [0, 0.1) is 18.8 Å². The van der Waals surface area contributed by atoms with E-state index < -0.39 is 0 Å². The van der Waals surface area contributed by atoms with Crippen LogP contribution >= 0.6 is 0 Å². The fraction of sp³-hybridized carbons (Fsp3) is 0.385. The van der Waals surface area contributed by atoms with E-state index in [0.29, 0.717) is 13.1 Å². The van der Waals surface area contributed by atoms with Crippen LogP contribution in [0.25, 0.3) is 0 Å². The van der Waals surface area contributed by atoms with Gasteiger partial charge in [-0.3, -0.25) is 5.32 Å². The van der Waals surface area contributed by atoms with Gasteiger partial charge in [0, 0.05) is 12.6 Å². The Morgan fingerprint density at radius 2 is 2.13 bits per heavy atom. The highest BCUT2D eigenvalue weighted by Crippen LogP contribution is 2.15. The zero-order valence-electron chi connectivity index (χ0n) is 9.38. The first kappa shape index (κ1) is 11.8. The minimum absolute atomic E-state index is 0.201. The fourth-order valence-corrected chi connectivity index (χ4v) is 1.56. The molecule has 0 saturated carbocycles. The van der Waals surface area contributed by atoms with Crippen molar-refractivity contribution in [3.8, 4) is 11.8 Å². The molecule has 0 aromatic heterocycles. The lowest BCUT2D eigenvalue weighted by Crippen LogP contribution is -2.29. The summed E-state index contributed by atoms with van der Waals surface area (Å²) in [5.41, 5.74) is 8.28. The molecule has 1 unspecified atom stereocenters. The van der Waals surface area contributed by atoms with Crippen molar-refractivity contribution < 1.29 is 0 Å². The maximum Gasteiger partial charge on any atom is 0.0581 e. The van der Waals surface area contributed by atoms with Crippen molar-refractivity contribution in [1.82, 2.24) is 5.32 Å². The molecule has 0 bridgehead atoms. The zero-order valence-corrected chi connectivity index (χ0v) is 9.38. The van der Waals surface area contributed by atoms with Gasteiger partial charge in [0.1, 0.15) is 0 Å². The molecule has 0 aliphatic carbocycles. The Kier molecular flexibility index (Phi) is 4.89. The van der Waals surface area contributed by atoms with E-state index in [1.807, 2.05) is 19.1 Å². The lowest BCUT2D eigenvalue weighted by Gasteiger charge is -2.17. The summed E-state index contributed by atoms with van der Waals surface area (Å²) in [5, 5.41) is 3.33. The number of rotatable bonds is 4. The Hall–Kier alpha value is -1.30. The van der Waals surface area contributed by atoms with E-state index in [1.165, 1.54) is 11.1 Å². The molecule has 1 atom stereocenters. The predicted molar refractivity (Wildman–Crippen MR) is 64.4 cm³/mol. The average molecular weight is 202 g/mol. The van der Waals surface area contributed by atoms with E-state index in [1.54, 1.807) is 0 Å². The highest BCUT2D eigenvalue weighted by Gasteiger charge is 2.09. The summed E-state index contributed by atoms with van der Waals surface area (Å²) in [6.45, 7) is 5.22. The Morgan fingerprint density at radius 3 is 2.73 bits per heavy atom. The third-order valence-corrected chi connectivity index (χ3v) is 2.41. The van der Waals surface area contributed by atoms with Crippen LogP contribution in [-0.2, 0) is 0 Å². The molecular weight excluding hydrogens is 184 g/mol. The molecule has 1 rings (SSSR count). The molecule has 0 heterocycles. The van der Waals surface area contributed by atoms with Gasteiger partial charge < -0.3 is 5.73 Å². The van der Waals surface area contributed by atoms with Gasteiger partial charge in [-0.05, 0) is 25.0 Å². The van der Waals surface area contributed by atoms with Crippen molar-refractivity contribution in [1.29, 1.82) is 0 Å². The second-order valence-corrected chi connectivity index (χ2v) is 3.45. The molecule has 80 valence electrons. The van der Waals surface area contributed by atoms with Crippen LogP contribution in [0.3, 0.4) is 0 Å². The smallest absolute Gasteiger partial charge is 0.0581 e. The summed E-state index contributed by atoms with van der Waals surface area (Å²) in [7, 11) is 0. The molecule has 2 heteroatoms. The Bertz CT molecular complexity index is 360. The first-order valence-electron chi connectivity index (χ1n) is 5.18. The summed E-state index contributed by atoms with van der Waals surface area (Å²) in [6.07, 6.45) is 0. The lowest BCUT2D eigenvalue weighted by atomic mass is 10.0. The van der Waals surface area contributed by atoms with Gasteiger partial charge in [0.25, 0.3) is 0 Å². The molecule has 0 saturated heterocycles. The highest BCUT2D eigenvalue weighted by molar-refractivity contribution is 5.29. The summed E-state index contributed by atoms with van der Waals surface area (Å²) < 4.78 is 0. The Morgan fingerprint density at radius 1 is 1.40 bits per heavy atom. The zero-order chi connectivity index (χ0) is 11.1.